The van der Waals surface area contributed by atoms with Crippen LogP contribution in [0.3, 0.4) is 0 Å². The summed E-state index contributed by atoms with van der Waals surface area (Å²) >= 11 is 3.39. The van der Waals surface area contributed by atoms with Crippen LogP contribution in [-0.4, -0.2) is 23.0 Å². The highest BCUT2D eigenvalue weighted by Gasteiger charge is 2.10. The van der Waals surface area contributed by atoms with Gasteiger partial charge < -0.3 is 10.0 Å². The van der Waals surface area contributed by atoms with Crippen molar-refractivity contribution in [1.82, 2.24) is 4.90 Å². The average Bonchev–Trinajstić information content (AvgIpc) is 2.48. The molecule has 0 aliphatic rings. The maximum atomic E-state index is 12.1. The highest BCUT2D eigenvalue weighted by Crippen LogP contribution is 2.18. The predicted molar refractivity (Wildman–Crippen MR) is 87.0 cm³/mol. The van der Waals surface area contributed by atoms with Crippen LogP contribution in [0.5, 0.6) is 5.75 Å². The maximum Gasteiger partial charge on any atom is 0.222 e. The Hall–Kier alpha value is -1.81. The summed E-state index contributed by atoms with van der Waals surface area (Å²) in [6.07, 6.45) is 0.945. The van der Waals surface area contributed by atoms with E-state index in [0.29, 0.717) is 19.4 Å². The lowest BCUT2D eigenvalue weighted by molar-refractivity contribution is -0.130. The van der Waals surface area contributed by atoms with Gasteiger partial charge >= 0.3 is 0 Å². The second-order valence-electron chi connectivity index (χ2n) is 5.00. The molecule has 1 N–H and O–H groups in total. The molecule has 2 aromatic rings. The number of amides is 1. The Bertz CT molecular complexity index is 610. The summed E-state index contributed by atoms with van der Waals surface area (Å²) in [5.41, 5.74) is 1.90. The van der Waals surface area contributed by atoms with Crippen LogP contribution in [0.15, 0.2) is 53.0 Å². The van der Waals surface area contributed by atoms with Gasteiger partial charge in [0.25, 0.3) is 0 Å². The van der Waals surface area contributed by atoms with E-state index in [-0.39, 0.29) is 11.7 Å². The number of hydrogen-bond acceptors (Lipinski definition) is 2. The first-order valence-corrected chi connectivity index (χ1v) is 7.61. The van der Waals surface area contributed by atoms with Crippen LogP contribution < -0.4 is 0 Å². The number of benzene rings is 2. The number of halogens is 1. The van der Waals surface area contributed by atoms with Gasteiger partial charge in [-0.05, 0) is 35.7 Å². The van der Waals surface area contributed by atoms with Crippen LogP contribution in [0.4, 0.5) is 0 Å². The van der Waals surface area contributed by atoms with Crippen LogP contribution in [0.25, 0.3) is 0 Å². The summed E-state index contributed by atoms with van der Waals surface area (Å²) in [5.74, 6) is 0.321. The van der Waals surface area contributed by atoms with E-state index >= 15 is 0 Å². The van der Waals surface area contributed by atoms with Gasteiger partial charge in [-0.25, -0.2) is 0 Å². The molecule has 21 heavy (non-hydrogen) atoms. The van der Waals surface area contributed by atoms with Gasteiger partial charge in [-0.1, -0.05) is 46.3 Å². The van der Waals surface area contributed by atoms with E-state index in [1.165, 1.54) is 0 Å². The van der Waals surface area contributed by atoms with Gasteiger partial charge in [0.05, 0.1) is 0 Å². The highest BCUT2D eigenvalue weighted by molar-refractivity contribution is 9.10. The Balaban J connectivity index is 1.88. The van der Waals surface area contributed by atoms with Crippen molar-refractivity contribution in [2.45, 2.75) is 19.4 Å². The van der Waals surface area contributed by atoms with E-state index < -0.39 is 0 Å². The summed E-state index contributed by atoms with van der Waals surface area (Å²) in [6.45, 7) is 0.590. The van der Waals surface area contributed by atoms with Crippen molar-refractivity contribution < 1.29 is 9.90 Å². The fourth-order valence-corrected chi connectivity index (χ4v) is 2.37. The van der Waals surface area contributed by atoms with Gasteiger partial charge in [0.2, 0.25) is 5.91 Å². The molecule has 2 aromatic carbocycles. The minimum atomic E-state index is 0.0705. The molecule has 0 bridgehead atoms. The minimum Gasteiger partial charge on any atom is -0.508 e. The monoisotopic (exact) mass is 347 g/mol. The van der Waals surface area contributed by atoms with Crippen molar-refractivity contribution in [3.05, 3.63) is 64.1 Å². The zero-order chi connectivity index (χ0) is 15.2. The lowest BCUT2D eigenvalue weighted by Gasteiger charge is -2.17. The van der Waals surface area contributed by atoms with Crippen molar-refractivity contribution in [2.24, 2.45) is 0 Å². The summed E-state index contributed by atoms with van der Waals surface area (Å²) in [4.78, 5) is 13.8. The Morgan fingerprint density at radius 2 is 1.81 bits per heavy atom. The van der Waals surface area contributed by atoms with Crippen LogP contribution >= 0.6 is 15.9 Å². The third-order valence-electron chi connectivity index (χ3n) is 3.36. The third kappa shape index (κ3) is 4.60. The zero-order valence-electron chi connectivity index (χ0n) is 11.9. The number of phenols is 1. The fraction of sp³-hybridized carbons (Fsp3) is 0.235. The van der Waals surface area contributed by atoms with Crippen LogP contribution in [0.2, 0.25) is 0 Å². The molecule has 0 spiro atoms. The molecule has 0 heterocycles. The van der Waals surface area contributed by atoms with E-state index in [2.05, 4.69) is 15.9 Å². The van der Waals surface area contributed by atoms with E-state index in [0.717, 1.165) is 15.6 Å². The van der Waals surface area contributed by atoms with E-state index in [4.69, 9.17) is 0 Å². The van der Waals surface area contributed by atoms with Crippen LogP contribution in [0, 0.1) is 0 Å². The van der Waals surface area contributed by atoms with Crippen molar-refractivity contribution in [3.63, 3.8) is 0 Å². The maximum absolute atomic E-state index is 12.1. The highest BCUT2D eigenvalue weighted by atomic mass is 79.9. The molecule has 0 aliphatic heterocycles. The number of carbonyl (C=O) groups excluding carboxylic acids is 1. The van der Waals surface area contributed by atoms with E-state index in [1.807, 2.05) is 36.4 Å². The lowest BCUT2D eigenvalue weighted by Crippen LogP contribution is -2.26. The standard InChI is InChI=1S/C17H18BrNO2/c1-19(12-13-6-9-15(18)10-7-13)17(21)11-8-14-4-2-3-5-16(14)20/h2-7,9-10,20H,8,11-12H2,1H3. The number of hydrogen-bond donors (Lipinski definition) is 1. The van der Waals surface area contributed by atoms with Gasteiger partial charge in [0.15, 0.2) is 0 Å². The van der Waals surface area contributed by atoms with Gasteiger partial charge in [0.1, 0.15) is 5.75 Å². The summed E-state index contributed by atoms with van der Waals surface area (Å²) in [7, 11) is 1.80. The van der Waals surface area contributed by atoms with Crippen molar-refractivity contribution >= 4 is 21.8 Å². The topological polar surface area (TPSA) is 40.5 Å². The Morgan fingerprint density at radius 3 is 2.48 bits per heavy atom. The molecule has 4 heteroatoms. The Morgan fingerprint density at radius 1 is 1.14 bits per heavy atom. The molecule has 0 aromatic heterocycles. The molecule has 0 radical (unpaired) electrons. The van der Waals surface area contributed by atoms with E-state index in [9.17, 15) is 9.90 Å². The van der Waals surface area contributed by atoms with Crippen molar-refractivity contribution in [3.8, 4) is 5.75 Å². The molecule has 0 atom stereocenters. The molecule has 0 fully saturated rings. The normalized spacial score (nSPS) is 10.4. The molecule has 1 amide bonds. The molecule has 0 saturated carbocycles. The number of carbonyl (C=O) groups is 1. The first-order valence-electron chi connectivity index (χ1n) is 6.81. The molecular formula is C17H18BrNO2. The number of aromatic hydroxyl groups is 1. The Kier molecular flexibility index (Phi) is 5.39. The quantitative estimate of drug-likeness (QED) is 0.894. The van der Waals surface area contributed by atoms with Gasteiger partial charge in [-0.3, -0.25) is 4.79 Å². The molecule has 3 nitrogen and oxygen atoms in total. The molecule has 0 aliphatic carbocycles. The molecule has 0 saturated heterocycles. The summed E-state index contributed by atoms with van der Waals surface area (Å²) in [6, 6.07) is 15.1. The molecule has 110 valence electrons. The largest absolute Gasteiger partial charge is 0.508 e. The minimum absolute atomic E-state index is 0.0705. The van der Waals surface area contributed by atoms with Gasteiger partial charge in [0, 0.05) is 24.5 Å². The van der Waals surface area contributed by atoms with Crippen molar-refractivity contribution in [2.75, 3.05) is 7.05 Å². The predicted octanol–water partition coefficient (Wildman–Crippen LogP) is 3.75. The third-order valence-corrected chi connectivity index (χ3v) is 3.89. The van der Waals surface area contributed by atoms with E-state index in [1.54, 1.807) is 24.1 Å². The first kappa shape index (κ1) is 15.6. The number of rotatable bonds is 5. The second-order valence-corrected chi connectivity index (χ2v) is 5.92. The molecular weight excluding hydrogens is 330 g/mol. The SMILES string of the molecule is CN(Cc1ccc(Br)cc1)C(=O)CCc1ccccc1O. The summed E-state index contributed by atoms with van der Waals surface area (Å²) < 4.78 is 1.03. The average molecular weight is 348 g/mol. The lowest BCUT2D eigenvalue weighted by atomic mass is 10.1. The molecule has 2 rings (SSSR count). The fourth-order valence-electron chi connectivity index (χ4n) is 2.11. The summed E-state index contributed by atoms with van der Waals surface area (Å²) in [5, 5.41) is 9.69. The first-order chi connectivity index (χ1) is 10.1. The zero-order valence-corrected chi connectivity index (χ0v) is 13.5. The molecule has 0 unspecified atom stereocenters. The number of aryl methyl sites for hydroxylation is 1. The van der Waals surface area contributed by atoms with Crippen LogP contribution in [-0.2, 0) is 17.8 Å². The van der Waals surface area contributed by atoms with Gasteiger partial charge in [-0.15, -0.1) is 0 Å². The number of nitrogens with zero attached hydrogens (tertiary/aromatic N) is 1. The number of phenolic OH excluding ortho intramolecular Hbond substituents is 1. The Labute approximate surface area is 133 Å². The number of para-hydroxylation sites is 1. The van der Waals surface area contributed by atoms with Crippen molar-refractivity contribution in [1.29, 1.82) is 0 Å². The van der Waals surface area contributed by atoms with Gasteiger partial charge in [-0.2, -0.15) is 0 Å². The second kappa shape index (κ2) is 7.27. The smallest absolute Gasteiger partial charge is 0.222 e. The van der Waals surface area contributed by atoms with Crippen LogP contribution in [0.1, 0.15) is 17.5 Å².